The maximum absolute atomic E-state index is 14.2. The molecule has 100 valence electrons. The van der Waals surface area contributed by atoms with Crippen molar-refractivity contribution in [3.63, 3.8) is 0 Å². The number of nitrogens with zero attached hydrogens (tertiary/aromatic N) is 1. The van der Waals surface area contributed by atoms with Gasteiger partial charge in [-0.05, 0) is 49.7 Å². The molecule has 2 nitrogen and oxygen atoms in total. The molecule has 0 heterocycles. The van der Waals surface area contributed by atoms with E-state index in [1.54, 1.807) is 6.07 Å². The normalized spacial score (nSPS) is 10.5. The predicted molar refractivity (Wildman–Crippen MR) is 78.3 cm³/mol. The van der Waals surface area contributed by atoms with E-state index in [0.29, 0.717) is 18.7 Å². The van der Waals surface area contributed by atoms with Crippen LogP contribution in [0.25, 0.3) is 0 Å². The third-order valence-electron chi connectivity index (χ3n) is 3.12. The molecule has 3 heteroatoms. The van der Waals surface area contributed by atoms with Crippen molar-refractivity contribution < 1.29 is 4.39 Å². The summed E-state index contributed by atoms with van der Waals surface area (Å²) in [5.41, 5.74) is 8.03. The summed E-state index contributed by atoms with van der Waals surface area (Å²) in [7, 11) is 0. The molecule has 0 aliphatic carbocycles. The van der Waals surface area contributed by atoms with E-state index in [1.807, 2.05) is 54.3 Å². The highest BCUT2D eigenvalue weighted by molar-refractivity contribution is 5.63. The molecule has 0 amide bonds. The predicted octanol–water partition coefficient (Wildman–Crippen LogP) is 3.48. The second kappa shape index (κ2) is 6.34. The van der Waals surface area contributed by atoms with Crippen LogP contribution < -0.4 is 10.6 Å². The molecule has 0 saturated carbocycles. The molecule has 2 N–H and O–H groups in total. The summed E-state index contributed by atoms with van der Waals surface area (Å²) >= 11 is 0. The summed E-state index contributed by atoms with van der Waals surface area (Å²) in [5, 5.41) is 0. The fourth-order valence-corrected chi connectivity index (χ4v) is 2.19. The molecule has 0 fully saturated rings. The Kier molecular flexibility index (Phi) is 4.53. The summed E-state index contributed by atoms with van der Waals surface area (Å²) in [6.07, 6.45) is 0.703. The van der Waals surface area contributed by atoms with Crippen molar-refractivity contribution in [3.8, 4) is 0 Å². The smallest absolute Gasteiger partial charge is 0.147 e. The van der Waals surface area contributed by atoms with Crippen LogP contribution in [0.3, 0.4) is 0 Å². The van der Waals surface area contributed by atoms with Crippen LogP contribution in [0.15, 0.2) is 48.5 Å². The van der Waals surface area contributed by atoms with Gasteiger partial charge in [-0.3, -0.25) is 0 Å². The second-order valence-corrected chi connectivity index (χ2v) is 4.40. The Labute approximate surface area is 113 Å². The summed E-state index contributed by atoms with van der Waals surface area (Å²) in [4.78, 5) is 1.96. The lowest BCUT2D eigenvalue weighted by Gasteiger charge is -2.24. The largest absolute Gasteiger partial charge is 0.339 e. The van der Waals surface area contributed by atoms with E-state index < -0.39 is 0 Å². The first kappa shape index (κ1) is 13.6. The zero-order chi connectivity index (χ0) is 13.7. The Morgan fingerprint density at radius 1 is 1.11 bits per heavy atom. The van der Waals surface area contributed by atoms with Gasteiger partial charge in [-0.15, -0.1) is 0 Å². The van der Waals surface area contributed by atoms with Gasteiger partial charge in [0.2, 0.25) is 0 Å². The maximum Gasteiger partial charge on any atom is 0.147 e. The quantitative estimate of drug-likeness (QED) is 0.889. The van der Waals surface area contributed by atoms with Crippen LogP contribution in [0.2, 0.25) is 0 Å². The van der Waals surface area contributed by atoms with E-state index in [4.69, 9.17) is 5.73 Å². The van der Waals surface area contributed by atoms with Gasteiger partial charge in [0, 0.05) is 12.2 Å². The molecule has 19 heavy (non-hydrogen) atoms. The fraction of sp³-hybridized carbons (Fsp3) is 0.250. The Bertz CT molecular complexity index is 526. The molecule has 0 spiro atoms. The van der Waals surface area contributed by atoms with E-state index >= 15 is 0 Å². The average Bonchev–Trinajstić information content (AvgIpc) is 2.43. The van der Waals surface area contributed by atoms with Crippen molar-refractivity contribution >= 4 is 11.4 Å². The van der Waals surface area contributed by atoms with Crippen LogP contribution in [0.1, 0.15) is 12.5 Å². The third kappa shape index (κ3) is 3.12. The number of hydrogen-bond acceptors (Lipinski definition) is 2. The highest BCUT2D eigenvalue weighted by Crippen LogP contribution is 2.28. The van der Waals surface area contributed by atoms with Gasteiger partial charge in [0.1, 0.15) is 5.82 Å². The van der Waals surface area contributed by atoms with Gasteiger partial charge in [0.05, 0.1) is 5.69 Å². The highest BCUT2D eigenvalue weighted by Gasteiger charge is 2.12. The van der Waals surface area contributed by atoms with Gasteiger partial charge in [0.15, 0.2) is 0 Å². The van der Waals surface area contributed by atoms with Gasteiger partial charge >= 0.3 is 0 Å². The topological polar surface area (TPSA) is 29.3 Å². The minimum absolute atomic E-state index is 0.198. The first-order valence-electron chi connectivity index (χ1n) is 6.57. The fourth-order valence-electron chi connectivity index (χ4n) is 2.19. The van der Waals surface area contributed by atoms with Crippen LogP contribution in [0.4, 0.5) is 15.8 Å². The first-order valence-corrected chi connectivity index (χ1v) is 6.57. The minimum Gasteiger partial charge on any atom is -0.339 e. The molecule has 0 saturated heterocycles. The van der Waals surface area contributed by atoms with E-state index in [0.717, 1.165) is 17.8 Å². The minimum atomic E-state index is -0.198. The zero-order valence-electron chi connectivity index (χ0n) is 11.1. The molecule has 0 bridgehead atoms. The molecule has 0 aliphatic rings. The monoisotopic (exact) mass is 258 g/mol. The molecular formula is C16H19FN2. The molecule has 2 aromatic carbocycles. The molecule has 2 aromatic rings. The lowest BCUT2D eigenvalue weighted by Crippen LogP contribution is -2.17. The second-order valence-electron chi connectivity index (χ2n) is 4.40. The van der Waals surface area contributed by atoms with E-state index in [2.05, 4.69) is 0 Å². The maximum atomic E-state index is 14.2. The van der Waals surface area contributed by atoms with Crippen molar-refractivity contribution in [1.82, 2.24) is 0 Å². The number of nitrogens with two attached hydrogens (primary N) is 1. The SMILES string of the molecule is CCN(c1ccccc1)c1ccc(CCN)cc1F. The molecule has 0 aromatic heterocycles. The Balaban J connectivity index is 2.34. The summed E-state index contributed by atoms with van der Waals surface area (Å²) < 4.78 is 14.2. The Hall–Kier alpha value is -1.87. The highest BCUT2D eigenvalue weighted by atomic mass is 19.1. The van der Waals surface area contributed by atoms with E-state index in [1.165, 1.54) is 0 Å². The number of hydrogen-bond donors (Lipinski definition) is 1. The number of anilines is 2. The average molecular weight is 258 g/mol. The van der Waals surface area contributed by atoms with Gasteiger partial charge < -0.3 is 10.6 Å². The number of benzene rings is 2. The van der Waals surface area contributed by atoms with Crippen LogP contribution in [-0.4, -0.2) is 13.1 Å². The number of halogens is 1. The zero-order valence-corrected chi connectivity index (χ0v) is 11.1. The third-order valence-corrected chi connectivity index (χ3v) is 3.12. The molecule has 0 atom stereocenters. The van der Waals surface area contributed by atoms with Crippen LogP contribution in [0, 0.1) is 5.82 Å². The summed E-state index contributed by atoms with van der Waals surface area (Å²) in [6, 6.07) is 15.2. The number of rotatable bonds is 5. The Morgan fingerprint density at radius 3 is 2.42 bits per heavy atom. The standard InChI is InChI=1S/C16H19FN2/c1-2-19(14-6-4-3-5-7-14)16-9-8-13(10-11-18)12-15(16)17/h3-9,12H,2,10-11,18H2,1H3. The lowest BCUT2D eigenvalue weighted by atomic mass is 10.1. The van der Waals surface area contributed by atoms with Crippen molar-refractivity contribution in [2.75, 3.05) is 18.0 Å². The van der Waals surface area contributed by atoms with Crippen molar-refractivity contribution in [1.29, 1.82) is 0 Å². The van der Waals surface area contributed by atoms with Crippen LogP contribution >= 0.6 is 0 Å². The number of para-hydroxylation sites is 1. The van der Waals surface area contributed by atoms with Crippen molar-refractivity contribution in [2.24, 2.45) is 5.73 Å². The van der Waals surface area contributed by atoms with E-state index in [-0.39, 0.29) is 5.82 Å². The molecule has 0 aliphatic heterocycles. The first-order chi connectivity index (χ1) is 9.26. The summed E-state index contributed by atoms with van der Waals surface area (Å²) in [5.74, 6) is -0.198. The van der Waals surface area contributed by atoms with Crippen LogP contribution in [-0.2, 0) is 6.42 Å². The van der Waals surface area contributed by atoms with Crippen molar-refractivity contribution in [3.05, 3.63) is 59.9 Å². The van der Waals surface area contributed by atoms with Crippen LogP contribution in [0.5, 0.6) is 0 Å². The molecule has 2 rings (SSSR count). The van der Waals surface area contributed by atoms with Gasteiger partial charge in [-0.25, -0.2) is 4.39 Å². The van der Waals surface area contributed by atoms with Gasteiger partial charge in [0.25, 0.3) is 0 Å². The summed E-state index contributed by atoms with van der Waals surface area (Å²) in [6.45, 7) is 3.27. The lowest BCUT2D eigenvalue weighted by molar-refractivity contribution is 0.623. The molecule has 0 unspecified atom stereocenters. The van der Waals surface area contributed by atoms with E-state index in [9.17, 15) is 4.39 Å². The molecular weight excluding hydrogens is 239 g/mol. The van der Waals surface area contributed by atoms with Crippen molar-refractivity contribution in [2.45, 2.75) is 13.3 Å². The van der Waals surface area contributed by atoms with Gasteiger partial charge in [-0.2, -0.15) is 0 Å². The van der Waals surface area contributed by atoms with Gasteiger partial charge in [-0.1, -0.05) is 24.3 Å². The Morgan fingerprint density at radius 2 is 1.84 bits per heavy atom. The molecule has 0 radical (unpaired) electrons.